The summed E-state index contributed by atoms with van der Waals surface area (Å²) in [5.74, 6) is -0.173. The molecular weight excluding hydrogens is 267 g/mol. The summed E-state index contributed by atoms with van der Waals surface area (Å²) in [5.41, 5.74) is 1.01. The fraction of sp³-hybridized carbons (Fsp3) is 0.600. The fourth-order valence-electron chi connectivity index (χ4n) is 2.10. The van der Waals surface area contributed by atoms with E-state index >= 15 is 0 Å². The monoisotopic (exact) mass is 289 g/mol. The van der Waals surface area contributed by atoms with Crippen LogP contribution in [0, 0.1) is 0 Å². The molecule has 0 bridgehead atoms. The molecule has 0 fully saturated rings. The lowest BCUT2D eigenvalue weighted by molar-refractivity contribution is -0.274. The fourth-order valence-corrected chi connectivity index (χ4v) is 2.10. The first-order valence-electron chi connectivity index (χ1n) is 6.96. The number of unbranched alkanes of at least 4 members (excludes halogenated alkanes) is 2. The van der Waals surface area contributed by atoms with E-state index in [4.69, 9.17) is 0 Å². The first kappa shape index (κ1) is 16.8. The Morgan fingerprint density at radius 2 is 1.80 bits per heavy atom. The van der Waals surface area contributed by atoms with Crippen molar-refractivity contribution in [2.45, 2.75) is 51.4 Å². The topological polar surface area (TPSA) is 21.3 Å². The van der Waals surface area contributed by atoms with Gasteiger partial charge in [0, 0.05) is 6.04 Å². The molecule has 0 saturated heterocycles. The van der Waals surface area contributed by atoms with Gasteiger partial charge in [-0.05, 0) is 37.6 Å². The molecule has 1 aromatic carbocycles. The van der Waals surface area contributed by atoms with Crippen molar-refractivity contribution < 1.29 is 17.9 Å². The van der Waals surface area contributed by atoms with Crippen LogP contribution in [0.25, 0.3) is 0 Å². The second kappa shape index (κ2) is 8.15. The molecule has 0 radical (unpaired) electrons. The molecule has 1 unspecified atom stereocenters. The first-order valence-corrected chi connectivity index (χ1v) is 6.96. The molecule has 2 nitrogen and oxygen atoms in total. The number of benzene rings is 1. The van der Waals surface area contributed by atoms with Crippen LogP contribution in [-0.4, -0.2) is 19.5 Å². The minimum absolute atomic E-state index is 0.173. The van der Waals surface area contributed by atoms with Gasteiger partial charge in [-0.15, -0.1) is 13.2 Å². The number of likely N-dealkylation sites (N-methyl/N-ethyl adjacent to an activating group) is 1. The van der Waals surface area contributed by atoms with Gasteiger partial charge in [-0.2, -0.15) is 0 Å². The molecule has 1 N–H and O–H groups in total. The highest BCUT2D eigenvalue weighted by molar-refractivity contribution is 5.27. The summed E-state index contributed by atoms with van der Waals surface area (Å²) in [6.07, 6.45) is 0.806. The number of alkyl halides is 3. The van der Waals surface area contributed by atoms with Crippen molar-refractivity contribution in [1.29, 1.82) is 0 Å². The molecule has 0 amide bonds. The summed E-state index contributed by atoms with van der Waals surface area (Å²) in [6.45, 7) is 2.16. The molecule has 114 valence electrons. The SMILES string of the molecule is CCCCCC(Cc1ccc(OC(F)(F)F)cc1)NC. The van der Waals surface area contributed by atoms with E-state index in [0.717, 1.165) is 24.8 Å². The van der Waals surface area contributed by atoms with E-state index in [2.05, 4.69) is 17.0 Å². The van der Waals surface area contributed by atoms with Crippen molar-refractivity contribution in [2.24, 2.45) is 0 Å². The molecule has 0 saturated carbocycles. The highest BCUT2D eigenvalue weighted by atomic mass is 19.4. The Morgan fingerprint density at radius 3 is 2.30 bits per heavy atom. The van der Waals surface area contributed by atoms with E-state index in [1.807, 2.05) is 7.05 Å². The molecule has 1 atom stereocenters. The maximum atomic E-state index is 12.0. The Balaban J connectivity index is 2.50. The van der Waals surface area contributed by atoms with E-state index in [1.165, 1.54) is 25.0 Å². The molecule has 1 aromatic rings. The van der Waals surface area contributed by atoms with Crippen LogP contribution < -0.4 is 10.1 Å². The van der Waals surface area contributed by atoms with Gasteiger partial charge in [-0.3, -0.25) is 0 Å². The highest BCUT2D eigenvalue weighted by Crippen LogP contribution is 2.23. The summed E-state index contributed by atoms with van der Waals surface area (Å²) in [7, 11) is 1.91. The summed E-state index contributed by atoms with van der Waals surface area (Å²) in [6, 6.07) is 6.45. The third kappa shape index (κ3) is 6.80. The lowest BCUT2D eigenvalue weighted by Crippen LogP contribution is -2.27. The molecule has 20 heavy (non-hydrogen) atoms. The van der Waals surface area contributed by atoms with Crippen LogP contribution in [0.4, 0.5) is 13.2 Å². The Hall–Kier alpha value is -1.23. The average molecular weight is 289 g/mol. The zero-order valence-electron chi connectivity index (χ0n) is 12.0. The third-order valence-electron chi connectivity index (χ3n) is 3.20. The van der Waals surface area contributed by atoms with Gasteiger partial charge in [-0.25, -0.2) is 0 Å². The quantitative estimate of drug-likeness (QED) is 0.721. The summed E-state index contributed by atoms with van der Waals surface area (Å²) in [5, 5.41) is 3.25. The minimum atomic E-state index is -4.63. The minimum Gasteiger partial charge on any atom is -0.406 e. The van der Waals surface area contributed by atoms with Crippen molar-refractivity contribution in [3.63, 3.8) is 0 Å². The van der Waals surface area contributed by atoms with Gasteiger partial charge in [0.2, 0.25) is 0 Å². The number of halogens is 3. The number of hydrogen-bond acceptors (Lipinski definition) is 2. The predicted molar refractivity (Wildman–Crippen MR) is 73.8 cm³/mol. The van der Waals surface area contributed by atoms with Crippen molar-refractivity contribution >= 4 is 0 Å². The maximum Gasteiger partial charge on any atom is 0.573 e. The standard InChI is InChI=1S/C15H22F3NO/c1-3-4-5-6-13(19-2)11-12-7-9-14(10-8-12)20-15(16,17)18/h7-10,13,19H,3-6,11H2,1-2H3. The van der Waals surface area contributed by atoms with Gasteiger partial charge in [0.05, 0.1) is 0 Å². The van der Waals surface area contributed by atoms with E-state index in [1.54, 1.807) is 12.1 Å². The second-order valence-corrected chi connectivity index (χ2v) is 4.88. The van der Waals surface area contributed by atoms with E-state index in [9.17, 15) is 13.2 Å². The first-order chi connectivity index (χ1) is 9.44. The van der Waals surface area contributed by atoms with E-state index in [0.29, 0.717) is 6.04 Å². The van der Waals surface area contributed by atoms with Crippen molar-refractivity contribution in [3.05, 3.63) is 29.8 Å². The molecule has 0 aliphatic heterocycles. The van der Waals surface area contributed by atoms with Crippen LogP contribution >= 0.6 is 0 Å². The van der Waals surface area contributed by atoms with Gasteiger partial charge < -0.3 is 10.1 Å². The van der Waals surface area contributed by atoms with Gasteiger partial charge in [-0.1, -0.05) is 38.3 Å². The number of hydrogen-bond donors (Lipinski definition) is 1. The molecule has 0 aromatic heterocycles. The lowest BCUT2D eigenvalue weighted by atomic mass is 10.0. The zero-order chi connectivity index (χ0) is 15.0. The Morgan fingerprint density at radius 1 is 1.15 bits per heavy atom. The van der Waals surface area contributed by atoms with E-state index in [-0.39, 0.29) is 5.75 Å². The summed E-state index contributed by atoms with van der Waals surface area (Å²) in [4.78, 5) is 0. The van der Waals surface area contributed by atoms with Crippen LogP contribution in [0.3, 0.4) is 0 Å². The van der Waals surface area contributed by atoms with Gasteiger partial charge in [0.1, 0.15) is 5.75 Å². The molecule has 5 heteroatoms. The van der Waals surface area contributed by atoms with Gasteiger partial charge in [0.25, 0.3) is 0 Å². The van der Waals surface area contributed by atoms with E-state index < -0.39 is 6.36 Å². The molecule has 0 aliphatic rings. The summed E-state index contributed by atoms with van der Waals surface area (Å²) >= 11 is 0. The smallest absolute Gasteiger partial charge is 0.406 e. The van der Waals surface area contributed by atoms with Crippen LogP contribution in [-0.2, 0) is 6.42 Å². The summed E-state index contributed by atoms with van der Waals surface area (Å²) < 4.78 is 40.0. The Labute approximate surface area is 118 Å². The molecule has 0 aliphatic carbocycles. The average Bonchev–Trinajstić information content (AvgIpc) is 2.38. The van der Waals surface area contributed by atoms with Crippen LogP contribution in [0.5, 0.6) is 5.75 Å². The number of nitrogens with one attached hydrogen (secondary N) is 1. The van der Waals surface area contributed by atoms with Crippen LogP contribution in [0.1, 0.15) is 38.2 Å². The molecule has 0 spiro atoms. The maximum absolute atomic E-state index is 12.0. The molecule has 1 rings (SSSR count). The number of rotatable bonds is 8. The second-order valence-electron chi connectivity index (χ2n) is 4.88. The zero-order valence-corrected chi connectivity index (χ0v) is 12.0. The van der Waals surface area contributed by atoms with Crippen LogP contribution in [0.2, 0.25) is 0 Å². The van der Waals surface area contributed by atoms with Crippen molar-refractivity contribution in [1.82, 2.24) is 5.32 Å². The van der Waals surface area contributed by atoms with Gasteiger partial charge >= 0.3 is 6.36 Å². The largest absolute Gasteiger partial charge is 0.573 e. The normalized spacial score (nSPS) is 13.2. The Kier molecular flexibility index (Phi) is 6.85. The molecular formula is C15H22F3NO. The van der Waals surface area contributed by atoms with Crippen LogP contribution in [0.15, 0.2) is 24.3 Å². The predicted octanol–water partition coefficient (Wildman–Crippen LogP) is 4.30. The van der Waals surface area contributed by atoms with Gasteiger partial charge in [0.15, 0.2) is 0 Å². The lowest BCUT2D eigenvalue weighted by Gasteiger charge is -2.16. The highest BCUT2D eigenvalue weighted by Gasteiger charge is 2.30. The Bertz CT molecular complexity index is 376. The number of ether oxygens (including phenoxy) is 1. The van der Waals surface area contributed by atoms with Crippen molar-refractivity contribution in [3.8, 4) is 5.75 Å². The van der Waals surface area contributed by atoms with Crippen molar-refractivity contribution in [2.75, 3.05) is 7.05 Å². The molecule has 0 heterocycles. The third-order valence-corrected chi connectivity index (χ3v) is 3.20.